The number of nitrogens with two attached hydrogens (primary N) is 1. The minimum atomic E-state index is -0.126. The van der Waals surface area contributed by atoms with Crippen molar-refractivity contribution in [3.63, 3.8) is 0 Å². The van der Waals surface area contributed by atoms with Crippen LogP contribution in [0.2, 0.25) is 0 Å². The molecular formula is C13H20N4. The van der Waals surface area contributed by atoms with Crippen molar-refractivity contribution >= 4 is 11.7 Å². The van der Waals surface area contributed by atoms with Crippen molar-refractivity contribution in [1.82, 2.24) is 4.98 Å². The third-order valence-corrected chi connectivity index (χ3v) is 3.80. The first-order valence-corrected chi connectivity index (χ1v) is 6.04. The predicted octanol–water partition coefficient (Wildman–Crippen LogP) is 1.93. The van der Waals surface area contributed by atoms with Gasteiger partial charge in [-0.15, -0.1) is 0 Å². The number of pyridine rings is 1. The molecule has 1 aliphatic rings. The second-order valence-corrected chi connectivity index (χ2v) is 5.11. The van der Waals surface area contributed by atoms with E-state index < -0.39 is 0 Å². The predicted molar refractivity (Wildman–Crippen MR) is 70.4 cm³/mol. The summed E-state index contributed by atoms with van der Waals surface area (Å²) < 4.78 is 0. The van der Waals surface area contributed by atoms with Gasteiger partial charge in [0.25, 0.3) is 0 Å². The number of piperidine rings is 1. The number of nitrogens with zero attached hydrogens (tertiary/aromatic N) is 2. The number of aryl methyl sites for hydroxylation is 1. The van der Waals surface area contributed by atoms with Crippen LogP contribution in [0.4, 0.5) is 5.82 Å². The molecular weight excluding hydrogens is 212 g/mol. The third kappa shape index (κ3) is 2.25. The van der Waals surface area contributed by atoms with Crippen LogP contribution in [0.15, 0.2) is 18.3 Å². The van der Waals surface area contributed by atoms with E-state index in [9.17, 15) is 0 Å². The number of rotatable bonds is 2. The first-order valence-electron chi connectivity index (χ1n) is 6.04. The summed E-state index contributed by atoms with van der Waals surface area (Å²) in [6.45, 7) is 6.01. The van der Waals surface area contributed by atoms with Crippen LogP contribution in [0.3, 0.4) is 0 Å². The van der Waals surface area contributed by atoms with E-state index in [1.165, 1.54) is 5.56 Å². The molecule has 0 radical (unpaired) electrons. The summed E-state index contributed by atoms with van der Waals surface area (Å²) in [6.07, 6.45) is 3.69. The van der Waals surface area contributed by atoms with Crippen molar-refractivity contribution in [2.45, 2.75) is 26.7 Å². The lowest BCUT2D eigenvalue weighted by Crippen LogP contribution is -2.45. The van der Waals surface area contributed by atoms with E-state index in [1.807, 2.05) is 12.3 Å². The molecule has 0 bridgehead atoms. The smallest absolute Gasteiger partial charge is 0.131 e. The fraction of sp³-hybridized carbons (Fsp3) is 0.538. The maximum Gasteiger partial charge on any atom is 0.131 e. The average Bonchev–Trinajstić information content (AvgIpc) is 2.31. The second-order valence-electron chi connectivity index (χ2n) is 5.11. The fourth-order valence-corrected chi connectivity index (χ4v) is 2.29. The molecule has 17 heavy (non-hydrogen) atoms. The molecule has 0 aliphatic carbocycles. The minimum absolute atomic E-state index is 0.126. The minimum Gasteiger partial charge on any atom is -0.387 e. The van der Waals surface area contributed by atoms with Crippen molar-refractivity contribution in [3.05, 3.63) is 23.9 Å². The zero-order valence-electron chi connectivity index (χ0n) is 10.5. The third-order valence-electron chi connectivity index (χ3n) is 3.80. The number of amidine groups is 1. The Bertz CT molecular complexity index is 419. The normalized spacial score (nSPS) is 19.1. The Morgan fingerprint density at radius 2 is 2.12 bits per heavy atom. The van der Waals surface area contributed by atoms with Crippen LogP contribution in [0, 0.1) is 17.7 Å². The summed E-state index contributed by atoms with van der Waals surface area (Å²) >= 11 is 0. The van der Waals surface area contributed by atoms with Crippen molar-refractivity contribution in [1.29, 1.82) is 5.41 Å². The first kappa shape index (κ1) is 11.9. The van der Waals surface area contributed by atoms with Gasteiger partial charge in [0.05, 0.1) is 5.84 Å². The second kappa shape index (κ2) is 4.35. The Kier molecular flexibility index (Phi) is 3.05. The summed E-state index contributed by atoms with van der Waals surface area (Å²) in [7, 11) is 0. The molecule has 4 heteroatoms. The molecule has 1 saturated heterocycles. The van der Waals surface area contributed by atoms with Gasteiger partial charge in [0, 0.05) is 24.7 Å². The zero-order chi connectivity index (χ0) is 12.5. The molecule has 4 nitrogen and oxygen atoms in total. The molecule has 0 saturated carbocycles. The van der Waals surface area contributed by atoms with E-state index in [4.69, 9.17) is 11.1 Å². The van der Waals surface area contributed by atoms with Crippen LogP contribution in [-0.2, 0) is 0 Å². The largest absolute Gasteiger partial charge is 0.387 e. The van der Waals surface area contributed by atoms with Gasteiger partial charge in [0.2, 0.25) is 0 Å². The van der Waals surface area contributed by atoms with Gasteiger partial charge >= 0.3 is 0 Å². The summed E-state index contributed by atoms with van der Waals surface area (Å²) in [5.41, 5.74) is 6.75. The SMILES string of the molecule is Cc1cccnc1N1CCC(C)(C(=N)N)CC1. The highest BCUT2D eigenvalue weighted by atomic mass is 15.2. The molecule has 0 atom stereocenters. The van der Waals surface area contributed by atoms with Gasteiger partial charge in [-0.3, -0.25) is 5.41 Å². The maximum absolute atomic E-state index is 7.64. The van der Waals surface area contributed by atoms with Crippen LogP contribution in [0.25, 0.3) is 0 Å². The average molecular weight is 232 g/mol. The Labute approximate surface area is 102 Å². The molecule has 3 N–H and O–H groups in total. The van der Waals surface area contributed by atoms with E-state index in [1.54, 1.807) is 0 Å². The molecule has 0 aromatic carbocycles. The van der Waals surface area contributed by atoms with Crippen LogP contribution in [0.1, 0.15) is 25.3 Å². The number of hydrogen-bond donors (Lipinski definition) is 2. The van der Waals surface area contributed by atoms with Crippen LogP contribution >= 0.6 is 0 Å². The topological polar surface area (TPSA) is 66.0 Å². The summed E-state index contributed by atoms with van der Waals surface area (Å²) in [4.78, 5) is 6.73. The van der Waals surface area contributed by atoms with E-state index in [2.05, 4.69) is 29.8 Å². The molecule has 1 aromatic heterocycles. The van der Waals surface area contributed by atoms with Gasteiger partial charge in [-0.2, -0.15) is 0 Å². The molecule has 0 unspecified atom stereocenters. The highest BCUT2D eigenvalue weighted by Crippen LogP contribution is 2.32. The van der Waals surface area contributed by atoms with Crippen molar-refractivity contribution in [3.8, 4) is 0 Å². The maximum atomic E-state index is 7.64. The van der Waals surface area contributed by atoms with E-state index >= 15 is 0 Å². The van der Waals surface area contributed by atoms with Crippen molar-refractivity contribution in [2.24, 2.45) is 11.1 Å². The Hall–Kier alpha value is -1.58. The van der Waals surface area contributed by atoms with Crippen molar-refractivity contribution < 1.29 is 0 Å². The standard InChI is InChI=1S/C13H20N4/c1-10-4-3-7-16-11(10)17-8-5-13(2,6-9-17)12(14)15/h3-4,7H,5-6,8-9H2,1-2H3,(H3,14,15). The van der Waals surface area contributed by atoms with E-state index in [-0.39, 0.29) is 5.41 Å². The highest BCUT2D eigenvalue weighted by Gasteiger charge is 2.33. The Morgan fingerprint density at radius 1 is 1.47 bits per heavy atom. The number of nitrogens with one attached hydrogen (secondary N) is 1. The summed E-state index contributed by atoms with van der Waals surface area (Å²) in [5.74, 6) is 1.38. The molecule has 1 aliphatic heterocycles. The Morgan fingerprint density at radius 3 is 2.65 bits per heavy atom. The van der Waals surface area contributed by atoms with Gasteiger partial charge < -0.3 is 10.6 Å². The number of aromatic nitrogens is 1. The van der Waals surface area contributed by atoms with Crippen LogP contribution < -0.4 is 10.6 Å². The fourth-order valence-electron chi connectivity index (χ4n) is 2.29. The molecule has 0 spiro atoms. The summed E-state index contributed by atoms with van der Waals surface area (Å²) in [6, 6.07) is 4.05. The Balaban J connectivity index is 2.10. The lowest BCUT2D eigenvalue weighted by Gasteiger charge is -2.39. The molecule has 1 fully saturated rings. The highest BCUT2D eigenvalue weighted by molar-refractivity contribution is 5.83. The lowest BCUT2D eigenvalue weighted by atomic mass is 9.79. The van der Waals surface area contributed by atoms with Crippen LogP contribution in [-0.4, -0.2) is 23.9 Å². The van der Waals surface area contributed by atoms with Gasteiger partial charge in [-0.05, 0) is 31.4 Å². The molecule has 92 valence electrons. The van der Waals surface area contributed by atoms with Gasteiger partial charge in [0.1, 0.15) is 5.82 Å². The van der Waals surface area contributed by atoms with E-state index in [0.29, 0.717) is 5.84 Å². The first-order chi connectivity index (χ1) is 8.03. The molecule has 2 heterocycles. The molecule has 2 rings (SSSR count). The zero-order valence-corrected chi connectivity index (χ0v) is 10.5. The van der Waals surface area contributed by atoms with Gasteiger partial charge in [-0.25, -0.2) is 4.98 Å². The van der Waals surface area contributed by atoms with Gasteiger partial charge in [0.15, 0.2) is 0 Å². The van der Waals surface area contributed by atoms with E-state index in [0.717, 1.165) is 31.7 Å². The quantitative estimate of drug-likeness (QED) is 0.605. The summed E-state index contributed by atoms with van der Waals surface area (Å²) in [5, 5.41) is 7.64. The molecule has 0 amide bonds. The molecule has 1 aromatic rings. The van der Waals surface area contributed by atoms with Crippen LogP contribution in [0.5, 0.6) is 0 Å². The monoisotopic (exact) mass is 232 g/mol. The number of hydrogen-bond acceptors (Lipinski definition) is 3. The lowest BCUT2D eigenvalue weighted by molar-refractivity contribution is 0.350. The van der Waals surface area contributed by atoms with Crippen molar-refractivity contribution in [2.75, 3.05) is 18.0 Å². The van der Waals surface area contributed by atoms with Gasteiger partial charge in [-0.1, -0.05) is 13.0 Å². The number of anilines is 1.